The number of carbonyl (C=O) groups excluding carboxylic acids is 1. The van der Waals surface area contributed by atoms with Crippen LogP contribution in [0, 0.1) is 11.3 Å². The maximum absolute atomic E-state index is 12.5. The maximum atomic E-state index is 12.5. The lowest BCUT2D eigenvalue weighted by Gasteiger charge is -2.42. The van der Waals surface area contributed by atoms with Gasteiger partial charge in [-0.15, -0.1) is 0 Å². The standard InChI is InChI=1S/C31H48O5/c1-7-8-9-16-30(4,5)36-29(34)20-35-22(3)26-14-15-27-23(11-10-17-31(26,27)6)12-13-24-18-25(32)19-28(33)21(24)2/h12-14,22,25,27-28,32-33H,2,7-11,15-20H2,1,3-6H3/t22-,25+,27-,28-,31+/m0/s1. The van der Waals surface area contributed by atoms with Crippen molar-refractivity contribution >= 4 is 5.97 Å². The first-order valence-electron chi connectivity index (χ1n) is 14.0. The smallest absolute Gasteiger partial charge is 0.332 e. The third-order valence-corrected chi connectivity index (χ3v) is 8.54. The Kier molecular flexibility index (Phi) is 9.81. The van der Waals surface area contributed by atoms with Crippen LogP contribution in [0.5, 0.6) is 0 Å². The Hall–Kier alpha value is -1.69. The van der Waals surface area contributed by atoms with Crippen LogP contribution in [0.3, 0.4) is 0 Å². The van der Waals surface area contributed by atoms with Gasteiger partial charge in [-0.1, -0.05) is 57.1 Å². The van der Waals surface area contributed by atoms with Gasteiger partial charge in [0.25, 0.3) is 0 Å². The van der Waals surface area contributed by atoms with E-state index in [2.05, 4.69) is 38.7 Å². The van der Waals surface area contributed by atoms with E-state index in [1.807, 2.05) is 20.8 Å². The molecular formula is C31H48O5. The number of hydrogen-bond donors (Lipinski definition) is 2. The van der Waals surface area contributed by atoms with Gasteiger partial charge in [0.15, 0.2) is 0 Å². The molecule has 3 aliphatic rings. The second kappa shape index (κ2) is 12.2. The van der Waals surface area contributed by atoms with Gasteiger partial charge < -0.3 is 19.7 Å². The second-order valence-electron chi connectivity index (χ2n) is 11.9. The summed E-state index contributed by atoms with van der Waals surface area (Å²) in [7, 11) is 0. The Labute approximate surface area is 218 Å². The van der Waals surface area contributed by atoms with Crippen molar-refractivity contribution < 1.29 is 24.5 Å². The van der Waals surface area contributed by atoms with Crippen molar-refractivity contribution in [1.82, 2.24) is 0 Å². The molecule has 0 aliphatic heterocycles. The molecule has 36 heavy (non-hydrogen) atoms. The first kappa shape index (κ1) is 28.9. The Bertz CT molecular complexity index is 895. The van der Waals surface area contributed by atoms with Crippen LogP contribution in [0.1, 0.15) is 98.8 Å². The molecule has 0 aromatic carbocycles. The van der Waals surface area contributed by atoms with E-state index in [9.17, 15) is 15.0 Å². The minimum absolute atomic E-state index is 0.00787. The first-order valence-corrected chi connectivity index (χ1v) is 14.0. The number of rotatable bonds is 10. The molecule has 0 aromatic heterocycles. The molecule has 2 saturated carbocycles. The molecule has 3 rings (SSSR count). The predicted molar refractivity (Wildman–Crippen MR) is 144 cm³/mol. The summed E-state index contributed by atoms with van der Waals surface area (Å²) >= 11 is 0. The van der Waals surface area contributed by atoms with Crippen LogP contribution in [-0.4, -0.2) is 46.7 Å². The molecule has 5 nitrogen and oxygen atoms in total. The Morgan fingerprint density at radius 3 is 2.78 bits per heavy atom. The normalized spacial score (nSPS) is 31.9. The predicted octanol–water partition coefficient (Wildman–Crippen LogP) is 6.35. The van der Waals surface area contributed by atoms with Gasteiger partial charge in [-0.25, -0.2) is 4.79 Å². The molecule has 0 spiro atoms. The molecule has 5 heteroatoms. The van der Waals surface area contributed by atoms with Crippen LogP contribution in [-0.2, 0) is 14.3 Å². The number of allylic oxidation sites excluding steroid dienone is 4. The zero-order chi connectivity index (χ0) is 26.5. The van der Waals surface area contributed by atoms with Crippen LogP contribution in [0.4, 0.5) is 0 Å². The number of hydrogen-bond acceptors (Lipinski definition) is 5. The highest BCUT2D eigenvalue weighted by molar-refractivity contribution is 5.71. The lowest BCUT2D eigenvalue weighted by molar-refractivity contribution is -0.163. The molecule has 5 atom stereocenters. The number of aliphatic hydroxyl groups is 2. The summed E-state index contributed by atoms with van der Waals surface area (Å²) in [5.41, 5.74) is 3.91. The molecule has 2 N–H and O–H groups in total. The van der Waals surface area contributed by atoms with E-state index in [0.717, 1.165) is 62.5 Å². The highest BCUT2D eigenvalue weighted by Crippen LogP contribution is 2.55. The fraction of sp³-hybridized carbons (Fsp3) is 0.710. The molecule has 0 aromatic rings. The Balaban J connectivity index is 1.60. The average Bonchev–Trinajstić information content (AvgIpc) is 3.16. The number of unbranched alkanes of at least 4 members (excludes halogenated alkanes) is 2. The van der Waals surface area contributed by atoms with Gasteiger partial charge in [0.1, 0.15) is 12.2 Å². The number of ether oxygens (including phenoxy) is 2. The van der Waals surface area contributed by atoms with Crippen molar-refractivity contribution in [2.24, 2.45) is 11.3 Å². The topological polar surface area (TPSA) is 76.0 Å². The van der Waals surface area contributed by atoms with Gasteiger partial charge in [0.2, 0.25) is 0 Å². The minimum atomic E-state index is -0.665. The maximum Gasteiger partial charge on any atom is 0.332 e. The molecule has 202 valence electrons. The fourth-order valence-corrected chi connectivity index (χ4v) is 6.42. The summed E-state index contributed by atoms with van der Waals surface area (Å²) in [6.45, 7) is 14.5. The summed E-state index contributed by atoms with van der Waals surface area (Å²) in [5.74, 6) is 0.108. The van der Waals surface area contributed by atoms with Crippen molar-refractivity contribution in [3.63, 3.8) is 0 Å². The Morgan fingerprint density at radius 1 is 1.31 bits per heavy atom. The van der Waals surface area contributed by atoms with Crippen LogP contribution in [0.25, 0.3) is 0 Å². The number of carbonyl (C=O) groups is 1. The fourth-order valence-electron chi connectivity index (χ4n) is 6.42. The molecule has 3 aliphatic carbocycles. The van der Waals surface area contributed by atoms with E-state index in [1.165, 1.54) is 11.1 Å². The summed E-state index contributed by atoms with van der Waals surface area (Å²) in [5, 5.41) is 20.2. The summed E-state index contributed by atoms with van der Waals surface area (Å²) in [4.78, 5) is 12.5. The van der Waals surface area contributed by atoms with Crippen molar-refractivity contribution in [2.45, 2.75) is 123 Å². The van der Waals surface area contributed by atoms with E-state index in [0.29, 0.717) is 18.8 Å². The molecule has 0 heterocycles. The number of esters is 1. The van der Waals surface area contributed by atoms with Crippen molar-refractivity contribution in [3.05, 3.63) is 47.1 Å². The minimum Gasteiger partial charge on any atom is -0.458 e. The van der Waals surface area contributed by atoms with Crippen molar-refractivity contribution in [1.29, 1.82) is 0 Å². The third kappa shape index (κ3) is 6.99. The molecule has 0 saturated heterocycles. The van der Waals surface area contributed by atoms with E-state index < -0.39 is 17.8 Å². The number of aliphatic hydroxyl groups excluding tert-OH is 2. The zero-order valence-electron chi connectivity index (χ0n) is 23.1. The SMILES string of the molecule is C=C1C(=CC=C2CCC[C@]3(C)C([C@H](C)OCC(=O)OC(C)(C)CCCCC)=CC[C@@H]23)C[C@@H](O)C[C@@H]1O. The first-order chi connectivity index (χ1) is 17.0. The zero-order valence-corrected chi connectivity index (χ0v) is 23.1. The summed E-state index contributed by atoms with van der Waals surface area (Å²) in [6, 6.07) is 0. The van der Waals surface area contributed by atoms with E-state index in [1.54, 1.807) is 0 Å². The highest BCUT2D eigenvalue weighted by atomic mass is 16.6. The number of fused-ring (bicyclic) bond motifs is 1. The van der Waals surface area contributed by atoms with Crippen molar-refractivity contribution in [3.8, 4) is 0 Å². The largest absolute Gasteiger partial charge is 0.458 e. The average molecular weight is 501 g/mol. The molecule has 2 fully saturated rings. The van der Waals surface area contributed by atoms with E-state index in [4.69, 9.17) is 9.47 Å². The third-order valence-electron chi connectivity index (χ3n) is 8.54. The summed E-state index contributed by atoms with van der Waals surface area (Å²) < 4.78 is 11.8. The quantitative estimate of drug-likeness (QED) is 0.207. The monoisotopic (exact) mass is 500 g/mol. The molecule has 0 unspecified atom stereocenters. The van der Waals surface area contributed by atoms with E-state index in [-0.39, 0.29) is 24.1 Å². The van der Waals surface area contributed by atoms with Gasteiger partial charge in [0.05, 0.1) is 18.3 Å². The lowest BCUT2D eigenvalue weighted by Crippen LogP contribution is -2.36. The summed E-state index contributed by atoms with van der Waals surface area (Å²) in [6.07, 6.45) is 14.6. The van der Waals surface area contributed by atoms with Crippen LogP contribution >= 0.6 is 0 Å². The Morgan fingerprint density at radius 2 is 2.06 bits per heavy atom. The van der Waals surface area contributed by atoms with Gasteiger partial charge in [0, 0.05) is 6.42 Å². The molecule has 0 bridgehead atoms. The van der Waals surface area contributed by atoms with Gasteiger partial charge in [-0.2, -0.15) is 0 Å². The van der Waals surface area contributed by atoms with Gasteiger partial charge in [-0.3, -0.25) is 0 Å². The molecular weight excluding hydrogens is 452 g/mol. The van der Waals surface area contributed by atoms with Crippen LogP contribution in [0.15, 0.2) is 47.1 Å². The molecule has 0 radical (unpaired) electrons. The van der Waals surface area contributed by atoms with Crippen molar-refractivity contribution in [2.75, 3.05) is 6.61 Å². The van der Waals surface area contributed by atoms with Gasteiger partial charge in [-0.05, 0) is 93.8 Å². The van der Waals surface area contributed by atoms with Crippen LogP contribution < -0.4 is 0 Å². The van der Waals surface area contributed by atoms with E-state index >= 15 is 0 Å². The second-order valence-corrected chi connectivity index (χ2v) is 11.9. The highest BCUT2D eigenvalue weighted by Gasteiger charge is 2.46. The lowest BCUT2D eigenvalue weighted by atomic mass is 9.63. The van der Waals surface area contributed by atoms with Gasteiger partial charge >= 0.3 is 5.97 Å². The molecule has 0 amide bonds. The van der Waals surface area contributed by atoms with Crippen LogP contribution in [0.2, 0.25) is 0 Å².